The van der Waals surface area contributed by atoms with Crippen LogP contribution >= 0.6 is 0 Å². The first-order chi connectivity index (χ1) is 9.66. The zero-order valence-corrected chi connectivity index (χ0v) is 12.2. The van der Waals surface area contributed by atoms with Gasteiger partial charge >= 0.3 is 0 Å². The van der Waals surface area contributed by atoms with Crippen LogP contribution in [-0.2, 0) is 20.8 Å². The van der Waals surface area contributed by atoms with Gasteiger partial charge in [-0.15, -0.1) is 0 Å². The molecule has 0 spiro atoms. The highest BCUT2D eigenvalue weighted by Crippen LogP contribution is 2.11. The molecule has 1 amide bonds. The van der Waals surface area contributed by atoms with Gasteiger partial charge in [-0.3, -0.25) is 4.79 Å². The highest BCUT2D eigenvalue weighted by atomic mass is 16.5. The molecular weight excluding hydrogens is 258 g/mol. The summed E-state index contributed by atoms with van der Waals surface area (Å²) in [4.78, 5) is 17.7. The lowest BCUT2D eigenvalue weighted by atomic mass is 10.2. The molecule has 6 nitrogen and oxygen atoms in total. The van der Waals surface area contributed by atoms with E-state index in [-0.39, 0.29) is 18.6 Å². The van der Waals surface area contributed by atoms with E-state index in [4.69, 9.17) is 9.47 Å². The summed E-state index contributed by atoms with van der Waals surface area (Å²) in [5, 5.41) is 0. The standard InChI is InChI=1S/C14H23N3O3/c1-12-15-5-6-17(12)8-7-16(2)14(18)11-19-10-13-4-3-9-20-13/h5-6,13H,3-4,7-11H2,1-2H3/t13-/m0/s1. The number of imidazole rings is 1. The van der Waals surface area contributed by atoms with E-state index in [1.165, 1.54) is 0 Å². The van der Waals surface area contributed by atoms with Crippen molar-refractivity contribution >= 4 is 5.91 Å². The van der Waals surface area contributed by atoms with E-state index in [0.717, 1.165) is 31.8 Å². The lowest BCUT2D eigenvalue weighted by Crippen LogP contribution is -2.33. The van der Waals surface area contributed by atoms with Crippen molar-refractivity contribution in [2.45, 2.75) is 32.4 Å². The van der Waals surface area contributed by atoms with Crippen molar-refractivity contribution in [2.75, 3.05) is 33.4 Å². The normalized spacial score (nSPS) is 18.4. The molecule has 1 saturated heterocycles. The highest BCUT2D eigenvalue weighted by molar-refractivity contribution is 5.77. The third kappa shape index (κ3) is 4.31. The predicted molar refractivity (Wildman–Crippen MR) is 74.4 cm³/mol. The molecule has 20 heavy (non-hydrogen) atoms. The monoisotopic (exact) mass is 281 g/mol. The number of rotatable bonds is 7. The van der Waals surface area contributed by atoms with Crippen LogP contribution in [0.5, 0.6) is 0 Å². The Balaban J connectivity index is 1.62. The Morgan fingerprint density at radius 2 is 2.50 bits per heavy atom. The van der Waals surface area contributed by atoms with Crippen LogP contribution in [0.4, 0.5) is 0 Å². The molecule has 0 unspecified atom stereocenters. The Bertz CT molecular complexity index is 427. The van der Waals surface area contributed by atoms with Gasteiger partial charge in [0.05, 0.1) is 12.7 Å². The molecule has 1 atom stereocenters. The molecule has 2 rings (SSSR count). The van der Waals surface area contributed by atoms with Crippen molar-refractivity contribution in [1.29, 1.82) is 0 Å². The number of amides is 1. The summed E-state index contributed by atoms with van der Waals surface area (Å²) >= 11 is 0. The topological polar surface area (TPSA) is 56.6 Å². The number of hydrogen-bond donors (Lipinski definition) is 0. The van der Waals surface area contributed by atoms with Crippen LogP contribution < -0.4 is 0 Å². The Morgan fingerprint density at radius 1 is 1.65 bits per heavy atom. The summed E-state index contributed by atoms with van der Waals surface area (Å²) in [5.74, 6) is 0.959. The number of likely N-dealkylation sites (N-methyl/N-ethyl adjacent to an activating group) is 1. The maximum absolute atomic E-state index is 11.9. The molecule has 112 valence electrons. The Kier molecular flexibility index (Phi) is 5.55. The molecule has 1 aromatic heterocycles. The van der Waals surface area contributed by atoms with Crippen molar-refractivity contribution in [3.05, 3.63) is 18.2 Å². The van der Waals surface area contributed by atoms with Crippen molar-refractivity contribution in [3.63, 3.8) is 0 Å². The van der Waals surface area contributed by atoms with E-state index in [9.17, 15) is 4.79 Å². The lowest BCUT2D eigenvalue weighted by molar-refractivity contribution is -0.136. The zero-order chi connectivity index (χ0) is 14.4. The molecule has 1 aliphatic heterocycles. The first kappa shape index (κ1) is 15.0. The maximum Gasteiger partial charge on any atom is 0.248 e. The van der Waals surface area contributed by atoms with Gasteiger partial charge in [-0.05, 0) is 19.8 Å². The fourth-order valence-electron chi connectivity index (χ4n) is 2.19. The van der Waals surface area contributed by atoms with Crippen LogP contribution in [0.3, 0.4) is 0 Å². The number of ether oxygens (including phenoxy) is 2. The molecule has 6 heteroatoms. The van der Waals surface area contributed by atoms with Crippen LogP contribution in [0.2, 0.25) is 0 Å². The summed E-state index contributed by atoms with van der Waals surface area (Å²) in [6.45, 7) is 4.80. The maximum atomic E-state index is 11.9. The minimum absolute atomic E-state index is 0.000709. The van der Waals surface area contributed by atoms with Gasteiger partial charge in [0.1, 0.15) is 12.4 Å². The minimum atomic E-state index is 0.000709. The molecule has 1 fully saturated rings. The number of aromatic nitrogens is 2. The van der Waals surface area contributed by atoms with Gasteiger partial charge < -0.3 is 18.9 Å². The van der Waals surface area contributed by atoms with Crippen LogP contribution in [0.15, 0.2) is 12.4 Å². The van der Waals surface area contributed by atoms with Crippen molar-refractivity contribution in [1.82, 2.24) is 14.5 Å². The second-order valence-electron chi connectivity index (χ2n) is 5.13. The summed E-state index contributed by atoms with van der Waals surface area (Å²) in [6.07, 6.45) is 5.97. The van der Waals surface area contributed by atoms with Gasteiger partial charge in [-0.2, -0.15) is 0 Å². The first-order valence-corrected chi connectivity index (χ1v) is 7.08. The smallest absolute Gasteiger partial charge is 0.248 e. The van der Waals surface area contributed by atoms with Gasteiger partial charge in [0, 0.05) is 39.1 Å². The molecule has 0 N–H and O–H groups in total. The van der Waals surface area contributed by atoms with Crippen LogP contribution in [-0.4, -0.2) is 59.9 Å². The van der Waals surface area contributed by atoms with Crippen molar-refractivity contribution in [2.24, 2.45) is 0 Å². The summed E-state index contributed by atoms with van der Waals surface area (Å²) in [5.41, 5.74) is 0. The van der Waals surface area contributed by atoms with Crippen LogP contribution in [0, 0.1) is 6.92 Å². The zero-order valence-electron chi connectivity index (χ0n) is 12.2. The summed E-state index contributed by atoms with van der Waals surface area (Å²) in [7, 11) is 1.80. The van der Waals surface area contributed by atoms with E-state index in [2.05, 4.69) is 4.98 Å². The fraction of sp³-hybridized carbons (Fsp3) is 0.714. The molecule has 1 aromatic rings. The minimum Gasteiger partial charge on any atom is -0.376 e. The van der Waals surface area contributed by atoms with Gasteiger partial charge in [0.2, 0.25) is 5.91 Å². The second-order valence-corrected chi connectivity index (χ2v) is 5.13. The van der Waals surface area contributed by atoms with E-state index < -0.39 is 0 Å². The molecule has 0 aliphatic carbocycles. The predicted octanol–water partition coefficient (Wildman–Crippen LogP) is 0.846. The van der Waals surface area contributed by atoms with E-state index in [0.29, 0.717) is 13.2 Å². The molecule has 0 radical (unpaired) electrons. The van der Waals surface area contributed by atoms with Crippen LogP contribution in [0.1, 0.15) is 18.7 Å². The van der Waals surface area contributed by atoms with E-state index in [1.807, 2.05) is 17.7 Å². The molecule has 0 bridgehead atoms. The fourth-order valence-corrected chi connectivity index (χ4v) is 2.19. The Hall–Kier alpha value is -1.40. The van der Waals surface area contributed by atoms with Gasteiger partial charge in [0.25, 0.3) is 0 Å². The number of aryl methyl sites for hydroxylation is 1. The molecule has 1 aliphatic rings. The van der Waals surface area contributed by atoms with E-state index >= 15 is 0 Å². The Labute approximate surface area is 119 Å². The SMILES string of the molecule is Cc1nccn1CCN(C)C(=O)COC[C@@H]1CCCO1. The quantitative estimate of drug-likeness (QED) is 0.743. The number of carbonyl (C=O) groups excluding carboxylic acids is 1. The average molecular weight is 281 g/mol. The van der Waals surface area contributed by atoms with Crippen molar-refractivity contribution < 1.29 is 14.3 Å². The third-order valence-electron chi connectivity index (χ3n) is 3.58. The van der Waals surface area contributed by atoms with Gasteiger partial charge in [0.15, 0.2) is 0 Å². The number of nitrogens with zero attached hydrogens (tertiary/aromatic N) is 3. The molecular formula is C14H23N3O3. The second kappa shape index (κ2) is 7.40. The number of carbonyl (C=O) groups is 1. The molecule has 2 heterocycles. The highest BCUT2D eigenvalue weighted by Gasteiger charge is 2.16. The Morgan fingerprint density at radius 3 is 3.15 bits per heavy atom. The van der Waals surface area contributed by atoms with E-state index in [1.54, 1.807) is 18.1 Å². The summed E-state index contributed by atoms with van der Waals surface area (Å²) in [6, 6.07) is 0. The average Bonchev–Trinajstić information content (AvgIpc) is 3.07. The number of hydrogen-bond acceptors (Lipinski definition) is 4. The summed E-state index contributed by atoms with van der Waals surface area (Å²) < 4.78 is 12.9. The van der Waals surface area contributed by atoms with Gasteiger partial charge in [-0.1, -0.05) is 0 Å². The molecule has 0 aromatic carbocycles. The van der Waals surface area contributed by atoms with Gasteiger partial charge in [-0.25, -0.2) is 4.98 Å². The lowest BCUT2D eigenvalue weighted by Gasteiger charge is -2.18. The first-order valence-electron chi connectivity index (χ1n) is 7.08. The largest absolute Gasteiger partial charge is 0.376 e. The van der Waals surface area contributed by atoms with Crippen molar-refractivity contribution in [3.8, 4) is 0 Å². The molecule has 0 saturated carbocycles. The van der Waals surface area contributed by atoms with Crippen LogP contribution in [0.25, 0.3) is 0 Å². The third-order valence-corrected chi connectivity index (χ3v) is 3.58.